The molecule has 0 aliphatic rings. The molecule has 3 N–H and O–H groups in total. The average Bonchev–Trinajstić information content (AvgIpc) is 2.73. The SMILES string of the molecule is Cc1cc(C(=O)Nc2cc(N)c(F)cc2F)no1. The van der Waals surface area contributed by atoms with E-state index in [1.54, 1.807) is 6.92 Å². The summed E-state index contributed by atoms with van der Waals surface area (Å²) in [6, 6.07) is 2.98. The van der Waals surface area contributed by atoms with Gasteiger partial charge in [-0.25, -0.2) is 8.78 Å². The highest BCUT2D eigenvalue weighted by Gasteiger charge is 2.15. The molecule has 0 radical (unpaired) electrons. The molecule has 0 saturated heterocycles. The van der Waals surface area contributed by atoms with Gasteiger partial charge < -0.3 is 15.6 Å². The zero-order chi connectivity index (χ0) is 13.3. The normalized spacial score (nSPS) is 10.4. The number of carbonyl (C=O) groups is 1. The van der Waals surface area contributed by atoms with E-state index in [9.17, 15) is 13.6 Å². The number of carbonyl (C=O) groups excluding carboxylic acids is 1. The predicted molar refractivity (Wildman–Crippen MR) is 60.0 cm³/mol. The first kappa shape index (κ1) is 12.0. The highest BCUT2D eigenvalue weighted by Crippen LogP contribution is 2.21. The Morgan fingerprint density at radius 2 is 2.06 bits per heavy atom. The molecule has 1 heterocycles. The van der Waals surface area contributed by atoms with Crippen LogP contribution in [0.4, 0.5) is 20.2 Å². The predicted octanol–water partition coefficient (Wildman–Crippen LogP) is 2.10. The summed E-state index contributed by atoms with van der Waals surface area (Å²) in [5, 5.41) is 5.69. The number of rotatable bonds is 2. The Labute approximate surface area is 101 Å². The Hall–Kier alpha value is -2.44. The fourth-order valence-electron chi connectivity index (χ4n) is 1.32. The van der Waals surface area contributed by atoms with Crippen LogP contribution in [0.3, 0.4) is 0 Å². The lowest BCUT2D eigenvalue weighted by molar-refractivity contribution is 0.101. The maximum absolute atomic E-state index is 13.4. The van der Waals surface area contributed by atoms with Crippen molar-refractivity contribution in [2.75, 3.05) is 11.1 Å². The number of hydrogen-bond donors (Lipinski definition) is 2. The van der Waals surface area contributed by atoms with Gasteiger partial charge in [-0.05, 0) is 13.0 Å². The molecule has 5 nitrogen and oxygen atoms in total. The number of amides is 1. The Bertz CT molecular complexity index is 610. The average molecular weight is 253 g/mol. The van der Waals surface area contributed by atoms with Gasteiger partial charge in [0.15, 0.2) is 5.69 Å². The molecule has 0 bridgehead atoms. The Balaban J connectivity index is 2.24. The monoisotopic (exact) mass is 253 g/mol. The lowest BCUT2D eigenvalue weighted by Gasteiger charge is -2.06. The van der Waals surface area contributed by atoms with Gasteiger partial charge in [0, 0.05) is 12.1 Å². The molecule has 0 aliphatic carbocycles. The van der Waals surface area contributed by atoms with Crippen LogP contribution in [0, 0.1) is 18.6 Å². The summed E-state index contributed by atoms with van der Waals surface area (Å²) in [6.07, 6.45) is 0. The minimum Gasteiger partial charge on any atom is -0.396 e. The molecule has 0 saturated carbocycles. The fraction of sp³-hybridized carbons (Fsp3) is 0.0909. The molecule has 1 aromatic carbocycles. The molecule has 94 valence electrons. The third-order valence-corrected chi connectivity index (χ3v) is 2.20. The van der Waals surface area contributed by atoms with Crippen molar-refractivity contribution < 1.29 is 18.1 Å². The Morgan fingerprint density at radius 3 is 2.67 bits per heavy atom. The fourth-order valence-corrected chi connectivity index (χ4v) is 1.32. The van der Waals surface area contributed by atoms with Crippen LogP contribution in [0.2, 0.25) is 0 Å². The summed E-state index contributed by atoms with van der Waals surface area (Å²) in [4.78, 5) is 11.6. The standard InChI is InChI=1S/C11H9F2N3O2/c1-5-2-10(16-18-5)11(17)15-9-4-8(14)6(12)3-7(9)13/h2-4H,14H2,1H3,(H,15,17). The van der Waals surface area contributed by atoms with Crippen molar-refractivity contribution in [1.29, 1.82) is 0 Å². The number of aryl methyl sites for hydroxylation is 1. The summed E-state index contributed by atoms with van der Waals surface area (Å²) >= 11 is 0. The first-order valence-electron chi connectivity index (χ1n) is 4.96. The van der Waals surface area contributed by atoms with E-state index in [-0.39, 0.29) is 17.1 Å². The van der Waals surface area contributed by atoms with E-state index in [0.717, 1.165) is 6.07 Å². The van der Waals surface area contributed by atoms with Crippen molar-refractivity contribution in [3.8, 4) is 0 Å². The van der Waals surface area contributed by atoms with E-state index in [1.165, 1.54) is 6.07 Å². The van der Waals surface area contributed by atoms with Crippen LogP contribution >= 0.6 is 0 Å². The van der Waals surface area contributed by atoms with Gasteiger partial charge in [0.25, 0.3) is 5.91 Å². The molecule has 0 aliphatic heterocycles. The second kappa shape index (κ2) is 4.44. The van der Waals surface area contributed by atoms with Gasteiger partial charge >= 0.3 is 0 Å². The summed E-state index contributed by atoms with van der Waals surface area (Å²) in [5.74, 6) is -2.03. The second-order valence-corrected chi connectivity index (χ2v) is 3.63. The number of nitrogens with two attached hydrogens (primary N) is 1. The third kappa shape index (κ3) is 2.29. The largest absolute Gasteiger partial charge is 0.396 e. The lowest BCUT2D eigenvalue weighted by Crippen LogP contribution is -2.14. The molecule has 1 amide bonds. The number of halogens is 2. The van der Waals surface area contributed by atoms with Gasteiger partial charge in [0.1, 0.15) is 17.4 Å². The van der Waals surface area contributed by atoms with Gasteiger partial charge in [-0.3, -0.25) is 4.79 Å². The van der Waals surface area contributed by atoms with E-state index in [4.69, 9.17) is 10.3 Å². The maximum atomic E-state index is 13.4. The number of aromatic nitrogens is 1. The zero-order valence-electron chi connectivity index (χ0n) is 9.33. The van der Waals surface area contributed by atoms with Crippen molar-refractivity contribution in [3.63, 3.8) is 0 Å². The van der Waals surface area contributed by atoms with Crippen LogP contribution in [0.15, 0.2) is 22.7 Å². The molecule has 0 unspecified atom stereocenters. The molecule has 18 heavy (non-hydrogen) atoms. The van der Waals surface area contributed by atoms with Crippen LogP contribution in [0.1, 0.15) is 16.2 Å². The minimum absolute atomic E-state index is 0.00482. The number of hydrogen-bond acceptors (Lipinski definition) is 4. The molecule has 1 aromatic heterocycles. The van der Waals surface area contributed by atoms with Crippen molar-refractivity contribution in [1.82, 2.24) is 5.16 Å². The molecular weight excluding hydrogens is 244 g/mol. The second-order valence-electron chi connectivity index (χ2n) is 3.63. The Morgan fingerprint density at radius 1 is 1.33 bits per heavy atom. The van der Waals surface area contributed by atoms with Gasteiger partial charge in [-0.2, -0.15) is 0 Å². The van der Waals surface area contributed by atoms with Crippen molar-refractivity contribution in [2.45, 2.75) is 6.92 Å². The molecule has 2 aromatic rings. The minimum atomic E-state index is -0.921. The van der Waals surface area contributed by atoms with Gasteiger partial charge in [-0.15, -0.1) is 0 Å². The van der Waals surface area contributed by atoms with Crippen LogP contribution < -0.4 is 11.1 Å². The van der Waals surface area contributed by atoms with Gasteiger partial charge in [-0.1, -0.05) is 5.16 Å². The first-order chi connectivity index (χ1) is 8.47. The molecular formula is C11H9F2N3O2. The highest BCUT2D eigenvalue weighted by molar-refractivity contribution is 6.03. The molecule has 0 fully saturated rings. The number of nitrogens with zero attached hydrogens (tertiary/aromatic N) is 1. The molecule has 7 heteroatoms. The highest BCUT2D eigenvalue weighted by atomic mass is 19.1. The van der Waals surface area contributed by atoms with Crippen LogP contribution in [-0.4, -0.2) is 11.1 Å². The number of anilines is 2. The topological polar surface area (TPSA) is 81.2 Å². The molecule has 0 atom stereocenters. The van der Waals surface area contributed by atoms with Crippen molar-refractivity contribution in [2.24, 2.45) is 0 Å². The maximum Gasteiger partial charge on any atom is 0.277 e. The van der Waals surface area contributed by atoms with Crippen LogP contribution in [0.5, 0.6) is 0 Å². The number of benzene rings is 1. The number of nitrogen functional groups attached to an aromatic ring is 1. The van der Waals surface area contributed by atoms with Gasteiger partial charge in [0.05, 0.1) is 11.4 Å². The quantitative estimate of drug-likeness (QED) is 0.803. The van der Waals surface area contributed by atoms with E-state index < -0.39 is 17.5 Å². The third-order valence-electron chi connectivity index (χ3n) is 2.20. The molecule has 0 spiro atoms. The summed E-state index contributed by atoms with van der Waals surface area (Å²) in [6.45, 7) is 1.61. The number of nitrogens with one attached hydrogen (secondary N) is 1. The van der Waals surface area contributed by atoms with E-state index in [1.807, 2.05) is 0 Å². The van der Waals surface area contributed by atoms with Gasteiger partial charge in [0.2, 0.25) is 0 Å². The smallest absolute Gasteiger partial charge is 0.277 e. The zero-order valence-corrected chi connectivity index (χ0v) is 9.33. The van der Waals surface area contributed by atoms with Crippen molar-refractivity contribution >= 4 is 17.3 Å². The summed E-state index contributed by atoms with van der Waals surface area (Å²) in [7, 11) is 0. The summed E-state index contributed by atoms with van der Waals surface area (Å²) in [5.41, 5.74) is 4.79. The van der Waals surface area contributed by atoms with Crippen LogP contribution in [-0.2, 0) is 0 Å². The lowest BCUT2D eigenvalue weighted by atomic mass is 10.2. The van der Waals surface area contributed by atoms with E-state index >= 15 is 0 Å². The Kier molecular flexibility index (Phi) is 2.97. The van der Waals surface area contributed by atoms with Crippen molar-refractivity contribution in [3.05, 3.63) is 41.3 Å². The van der Waals surface area contributed by atoms with E-state index in [0.29, 0.717) is 11.8 Å². The summed E-state index contributed by atoms with van der Waals surface area (Å²) < 4.78 is 31.0. The van der Waals surface area contributed by atoms with Crippen LogP contribution in [0.25, 0.3) is 0 Å². The van der Waals surface area contributed by atoms with E-state index in [2.05, 4.69) is 10.5 Å². The first-order valence-corrected chi connectivity index (χ1v) is 4.96. The molecule has 2 rings (SSSR count).